The van der Waals surface area contributed by atoms with Crippen LogP contribution in [0.2, 0.25) is 0 Å². The minimum atomic E-state index is -0.181. The fourth-order valence-electron chi connectivity index (χ4n) is 3.62. The number of nitriles is 1. The zero-order valence-electron chi connectivity index (χ0n) is 16.0. The quantitative estimate of drug-likeness (QED) is 0.545. The maximum Gasteiger partial charge on any atom is 0.266 e. The highest BCUT2D eigenvalue weighted by atomic mass is 32.2. The van der Waals surface area contributed by atoms with Gasteiger partial charge in [-0.3, -0.25) is 9.69 Å². The predicted octanol–water partition coefficient (Wildman–Crippen LogP) is 3.84. The Hall–Kier alpha value is -2.63. The fourth-order valence-corrected chi connectivity index (χ4v) is 4.77. The van der Waals surface area contributed by atoms with Crippen molar-refractivity contribution in [2.24, 2.45) is 5.92 Å². The second-order valence-corrected chi connectivity index (χ2v) is 8.85. The number of nitrogens with zero attached hydrogens (tertiary/aromatic N) is 4. The number of hydrogen-bond acceptors (Lipinski definition) is 7. The molecular formula is C21H20N4O2S2. The fraction of sp³-hybridized carbons (Fsp3) is 0.333. The van der Waals surface area contributed by atoms with Crippen LogP contribution >= 0.6 is 24.0 Å². The number of oxazole rings is 1. The second kappa shape index (κ2) is 8.39. The van der Waals surface area contributed by atoms with Gasteiger partial charge in [0.2, 0.25) is 17.5 Å². The van der Waals surface area contributed by atoms with Gasteiger partial charge in [0.25, 0.3) is 5.91 Å². The van der Waals surface area contributed by atoms with Crippen molar-refractivity contribution in [3.8, 4) is 6.07 Å². The molecule has 0 radical (unpaired) electrons. The number of anilines is 1. The Morgan fingerprint density at radius 1 is 1.34 bits per heavy atom. The van der Waals surface area contributed by atoms with Crippen LogP contribution < -0.4 is 4.90 Å². The molecule has 6 nitrogen and oxygen atoms in total. The molecule has 2 saturated heterocycles. The Morgan fingerprint density at radius 2 is 2.07 bits per heavy atom. The Kier molecular flexibility index (Phi) is 5.69. The highest BCUT2D eigenvalue weighted by Gasteiger charge is 2.30. The Bertz CT molecular complexity index is 1000. The molecular weight excluding hydrogens is 404 g/mol. The molecule has 0 saturated carbocycles. The molecule has 8 heteroatoms. The standard InChI is InChI=1S/C21H20N4O2S2/c1-24-19(26)17(29-21(24)28)12-18-23-16(13-22)20(27-18)25-9-7-15(8-10-25)11-14-5-3-2-4-6-14/h2-6,12,15H,7-11H2,1H3/b17-12+. The van der Waals surface area contributed by atoms with Crippen molar-refractivity contribution in [1.29, 1.82) is 5.26 Å². The van der Waals surface area contributed by atoms with Gasteiger partial charge in [0.05, 0.1) is 4.91 Å². The molecule has 0 bridgehead atoms. The summed E-state index contributed by atoms with van der Waals surface area (Å²) < 4.78 is 6.36. The molecule has 1 amide bonds. The summed E-state index contributed by atoms with van der Waals surface area (Å²) in [6.45, 7) is 1.63. The van der Waals surface area contributed by atoms with E-state index in [4.69, 9.17) is 16.6 Å². The van der Waals surface area contributed by atoms with Crippen LogP contribution in [0.3, 0.4) is 0 Å². The van der Waals surface area contributed by atoms with E-state index in [-0.39, 0.29) is 17.5 Å². The third kappa shape index (κ3) is 4.21. The topological polar surface area (TPSA) is 73.4 Å². The molecule has 1 aromatic heterocycles. The van der Waals surface area contributed by atoms with Crippen molar-refractivity contribution >= 4 is 46.2 Å². The number of benzene rings is 1. The van der Waals surface area contributed by atoms with Gasteiger partial charge in [-0.25, -0.2) is 0 Å². The van der Waals surface area contributed by atoms with E-state index in [0.717, 1.165) is 32.4 Å². The van der Waals surface area contributed by atoms with Gasteiger partial charge >= 0.3 is 0 Å². The number of thiocarbonyl (C=S) groups is 1. The van der Waals surface area contributed by atoms with Crippen LogP contribution in [0, 0.1) is 17.2 Å². The summed E-state index contributed by atoms with van der Waals surface area (Å²) in [6.07, 6.45) is 4.70. The maximum atomic E-state index is 12.2. The second-order valence-electron chi connectivity index (χ2n) is 7.18. The molecule has 2 aliphatic rings. The summed E-state index contributed by atoms with van der Waals surface area (Å²) >= 11 is 6.35. The van der Waals surface area contributed by atoms with Gasteiger partial charge in [-0.05, 0) is 30.7 Å². The summed E-state index contributed by atoms with van der Waals surface area (Å²) in [5.41, 5.74) is 1.61. The van der Waals surface area contributed by atoms with Crippen molar-refractivity contribution in [2.45, 2.75) is 19.3 Å². The number of rotatable bonds is 4. The Labute approximate surface area is 179 Å². The number of aromatic nitrogens is 1. The van der Waals surface area contributed by atoms with E-state index in [1.807, 2.05) is 6.07 Å². The van der Waals surface area contributed by atoms with E-state index in [1.54, 1.807) is 13.1 Å². The average Bonchev–Trinajstić information content (AvgIpc) is 3.26. The van der Waals surface area contributed by atoms with Crippen LogP contribution in [0.5, 0.6) is 0 Å². The van der Waals surface area contributed by atoms with Crippen LogP contribution in [0.15, 0.2) is 39.7 Å². The number of carbonyl (C=O) groups excluding carboxylic acids is 1. The van der Waals surface area contributed by atoms with Crippen molar-refractivity contribution in [2.75, 3.05) is 25.0 Å². The highest BCUT2D eigenvalue weighted by Crippen LogP contribution is 2.33. The minimum absolute atomic E-state index is 0.181. The molecule has 29 heavy (non-hydrogen) atoms. The molecule has 2 aliphatic heterocycles. The number of hydrogen-bond donors (Lipinski definition) is 0. The molecule has 4 rings (SSSR count). The van der Waals surface area contributed by atoms with Gasteiger partial charge in [-0.1, -0.05) is 54.3 Å². The molecule has 148 valence electrons. The summed E-state index contributed by atoms with van der Waals surface area (Å²) in [5.74, 6) is 1.19. The highest BCUT2D eigenvalue weighted by molar-refractivity contribution is 8.26. The number of piperidine rings is 1. The zero-order valence-corrected chi connectivity index (χ0v) is 17.6. The number of amides is 1. The van der Waals surface area contributed by atoms with Gasteiger partial charge in [0.15, 0.2) is 0 Å². The van der Waals surface area contributed by atoms with Crippen molar-refractivity contribution in [3.63, 3.8) is 0 Å². The van der Waals surface area contributed by atoms with Gasteiger partial charge in [-0.2, -0.15) is 10.2 Å². The molecule has 1 aromatic carbocycles. The van der Waals surface area contributed by atoms with Gasteiger partial charge < -0.3 is 9.32 Å². The van der Waals surface area contributed by atoms with Gasteiger partial charge in [-0.15, -0.1) is 0 Å². The van der Waals surface area contributed by atoms with Crippen molar-refractivity contribution < 1.29 is 9.21 Å². The largest absolute Gasteiger partial charge is 0.420 e. The predicted molar refractivity (Wildman–Crippen MR) is 117 cm³/mol. The number of thioether (sulfide) groups is 1. The first kappa shape index (κ1) is 19.7. The lowest BCUT2D eigenvalue weighted by Crippen LogP contribution is -2.34. The molecule has 2 aromatic rings. The molecule has 3 heterocycles. The summed E-state index contributed by atoms with van der Waals surface area (Å²) in [6, 6.07) is 12.6. The summed E-state index contributed by atoms with van der Waals surface area (Å²) in [7, 11) is 1.64. The van der Waals surface area contributed by atoms with E-state index < -0.39 is 0 Å². The summed E-state index contributed by atoms with van der Waals surface area (Å²) in [5, 5.41) is 9.49. The average molecular weight is 425 g/mol. The van der Waals surface area contributed by atoms with Crippen LogP contribution in [0.4, 0.5) is 5.88 Å². The van der Waals surface area contributed by atoms with E-state index in [9.17, 15) is 10.1 Å². The number of likely N-dealkylation sites (N-methyl/N-ethyl adjacent to an activating group) is 1. The van der Waals surface area contributed by atoms with Crippen LogP contribution in [0.1, 0.15) is 30.0 Å². The van der Waals surface area contributed by atoms with Crippen LogP contribution in [-0.2, 0) is 11.2 Å². The Morgan fingerprint density at radius 3 is 2.69 bits per heavy atom. The van der Waals surface area contributed by atoms with Crippen LogP contribution in [0.25, 0.3) is 6.08 Å². The van der Waals surface area contributed by atoms with Crippen molar-refractivity contribution in [3.05, 3.63) is 52.4 Å². The number of carbonyl (C=O) groups is 1. The zero-order chi connectivity index (χ0) is 20.4. The lowest BCUT2D eigenvalue weighted by atomic mass is 9.90. The lowest BCUT2D eigenvalue weighted by molar-refractivity contribution is -0.121. The first-order chi connectivity index (χ1) is 14.0. The molecule has 2 fully saturated rings. The van der Waals surface area contributed by atoms with E-state index in [2.05, 4.69) is 40.2 Å². The first-order valence-electron chi connectivity index (χ1n) is 9.46. The van der Waals surface area contributed by atoms with E-state index in [1.165, 1.54) is 22.2 Å². The van der Waals surface area contributed by atoms with E-state index in [0.29, 0.717) is 21.0 Å². The SMILES string of the molecule is CN1C(=O)/C(=C\c2nc(C#N)c(N3CCC(Cc4ccccc4)CC3)o2)SC1=S. The monoisotopic (exact) mass is 424 g/mol. The smallest absolute Gasteiger partial charge is 0.266 e. The minimum Gasteiger partial charge on any atom is -0.420 e. The third-order valence-corrected chi connectivity index (χ3v) is 6.73. The lowest BCUT2D eigenvalue weighted by Gasteiger charge is -2.31. The van der Waals surface area contributed by atoms with Gasteiger partial charge in [0.1, 0.15) is 10.4 Å². The van der Waals surface area contributed by atoms with E-state index >= 15 is 0 Å². The molecule has 0 N–H and O–H groups in total. The molecule has 0 aliphatic carbocycles. The van der Waals surface area contributed by atoms with Crippen LogP contribution in [-0.4, -0.2) is 40.2 Å². The van der Waals surface area contributed by atoms with Gasteiger partial charge in [0, 0.05) is 26.2 Å². The Balaban J connectivity index is 1.45. The normalized spacial score (nSPS) is 19.2. The molecule has 0 unspecified atom stereocenters. The molecule has 0 spiro atoms. The summed E-state index contributed by atoms with van der Waals surface area (Å²) in [4.78, 5) is 20.4. The van der Waals surface area contributed by atoms with Crippen molar-refractivity contribution in [1.82, 2.24) is 9.88 Å². The first-order valence-corrected chi connectivity index (χ1v) is 10.7. The maximum absolute atomic E-state index is 12.2. The third-order valence-electron chi connectivity index (χ3n) is 5.24. The molecule has 0 atom stereocenters.